The molecule has 28 heavy (non-hydrogen) atoms. The number of para-hydroxylation sites is 2. The molecular weight excluding hydrogens is 366 g/mol. The minimum atomic E-state index is -0.660. The Kier molecular flexibility index (Phi) is 5.00. The van der Waals surface area contributed by atoms with Crippen molar-refractivity contribution in [1.29, 1.82) is 0 Å². The number of nitrogens with one attached hydrogen (secondary N) is 2. The first-order chi connectivity index (χ1) is 13.6. The Labute approximate surface area is 159 Å². The molecule has 1 aliphatic heterocycles. The number of aromatic amines is 1. The Bertz CT molecular complexity index is 1010. The molecule has 11 nitrogen and oxygen atoms in total. The fraction of sp³-hybridized carbons (Fsp3) is 0.353. The molecule has 11 heteroatoms. The lowest BCUT2D eigenvalue weighted by Crippen LogP contribution is -2.38. The quantitative estimate of drug-likeness (QED) is 0.482. The Morgan fingerprint density at radius 3 is 2.86 bits per heavy atom. The molecule has 0 radical (unpaired) electrons. The smallest absolute Gasteiger partial charge is 0.319 e. The van der Waals surface area contributed by atoms with Crippen LogP contribution in [0.15, 0.2) is 30.5 Å². The highest BCUT2D eigenvalue weighted by atomic mass is 16.6. The molecule has 1 aromatic carbocycles. The summed E-state index contributed by atoms with van der Waals surface area (Å²) in [5.41, 5.74) is 1.02. The lowest BCUT2D eigenvalue weighted by Gasteiger charge is -2.26. The highest BCUT2D eigenvalue weighted by Gasteiger charge is 2.24. The maximum atomic E-state index is 12.6. The summed E-state index contributed by atoms with van der Waals surface area (Å²) in [5, 5.41) is 19.7. The number of hydrogen-bond donors (Lipinski definition) is 2. The van der Waals surface area contributed by atoms with Crippen LogP contribution in [0.1, 0.15) is 10.5 Å². The van der Waals surface area contributed by atoms with Crippen LogP contribution in [-0.4, -0.2) is 68.3 Å². The minimum Gasteiger partial charge on any atom is -0.379 e. The van der Waals surface area contributed by atoms with Crippen LogP contribution in [-0.2, 0) is 11.3 Å². The number of ether oxygens (including phenoxy) is 1. The zero-order valence-corrected chi connectivity index (χ0v) is 15.0. The summed E-state index contributed by atoms with van der Waals surface area (Å²) < 4.78 is 7.28. The van der Waals surface area contributed by atoms with Gasteiger partial charge in [-0.1, -0.05) is 12.1 Å². The minimum absolute atomic E-state index is 0.211. The van der Waals surface area contributed by atoms with E-state index in [-0.39, 0.29) is 11.4 Å². The van der Waals surface area contributed by atoms with Crippen molar-refractivity contribution < 1.29 is 14.5 Å². The molecule has 0 saturated carbocycles. The van der Waals surface area contributed by atoms with Crippen molar-refractivity contribution >= 4 is 28.6 Å². The molecule has 1 aliphatic rings. The van der Waals surface area contributed by atoms with Crippen LogP contribution >= 0.6 is 0 Å². The van der Waals surface area contributed by atoms with Gasteiger partial charge in [-0.3, -0.25) is 30.2 Å². The number of nitrogens with zero attached hydrogens (tertiary/aromatic N) is 5. The number of hydrogen-bond acceptors (Lipinski definition) is 7. The van der Waals surface area contributed by atoms with Gasteiger partial charge in [0.1, 0.15) is 6.20 Å². The summed E-state index contributed by atoms with van der Waals surface area (Å²) in [6.07, 6.45) is 1.01. The second-order valence-corrected chi connectivity index (χ2v) is 6.37. The van der Waals surface area contributed by atoms with Crippen molar-refractivity contribution in [2.75, 3.05) is 38.2 Å². The fourth-order valence-electron chi connectivity index (χ4n) is 3.21. The number of H-pyrrole nitrogens is 1. The highest BCUT2D eigenvalue weighted by molar-refractivity contribution is 6.05. The van der Waals surface area contributed by atoms with Crippen LogP contribution in [0.3, 0.4) is 0 Å². The average Bonchev–Trinajstić information content (AvgIpc) is 3.32. The first-order valence-corrected chi connectivity index (χ1v) is 8.88. The van der Waals surface area contributed by atoms with Gasteiger partial charge in [0.2, 0.25) is 11.6 Å². The van der Waals surface area contributed by atoms with E-state index in [4.69, 9.17) is 4.74 Å². The first kappa shape index (κ1) is 18.1. The van der Waals surface area contributed by atoms with Gasteiger partial charge in [0.15, 0.2) is 0 Å². The van der Waals surface area contributed by atoms with E-state index >= 15 is 0 Å². The molecule has 4 rings (SSSR count). The van der Waals surface area contributed by atoms with E-state index in [0.717, 1.165) is 36.9 Å². The molecule has 3 heterocycles. The predicted molar refractivity (Wildman–Crippen MR) is 100 cm³/mol. The number of amides is 1. The third-order valence-electron chi connectivity index (χ3n) is 4.67. The Hall–Kier alpha value is -3.31. The second-order valence-electron chi connectivity index (χ2n) is 6.37. The van der Waals surface area contributed by atoms with E-state index in [1.54, 1.807) is 0 Å². The summed E-state index contributed by atoms with van der Waals surface area (Å²) in [7, 11) is 0. The second kappa shape index (κ2) is 7.74. The van der Waals surface area contributed by atoms with Crippen molar-refractivity contribution in [3.8, 4) is 0 Å². The van der Waals surface area contributed by atoms with E-state index < -0.39 is 10.8 Å². The Balaban J connectivity index is 1.59. The van der Waals surface area contributed by atoms with E-state index in [1.807, 2.05) is 28.8 Å². The van der Waals surface area contributed by atoms with E-state index in [2.05, 4.69) is 25.4 Å². The van der Waals surface area contributed by atoms with Crippen LogP contribution < -0.4 is 5.32 Å². The largest absolute Gasteiger partial charge is 0.379 e. The summed E-state index contributed by atoms with van der Waals surface area (Å²) >= 11 is 0. The maximum Gasteiger partial charge on any atom is 0.319 e. The van der Waals surface area contributed by atoms with Crippen LogP contribution in [0, 0.1) is 10.1 Å². The van der Waals surface area contributed by atoms with Crippen LogP contribution in [0.2, 0.25) is 0 Å². The van der Waals surface area contributed by atoms with Crippen LogP contribution in [0.4, 0.5) is 11.6 Å². The number of rotatable bonds is 6. The van der Waals surface area contributed by atoms with Crippen LogP contribution in [0.25, 0.3) is 11.0 Å². The SMILES string of the molecule is O=C(Nc1nc2ccccc2n1CCN1CCOCC1)c1[nH]ncc1[N+](=O)[O-]. The third kappa shape index (κ3) is 3.57. The highest BCUT2D eigenvalue weighted by Crippen LogP contribution is 2.22. The zero-order chi connectivity index (χ0) is 19.5. The molecular formula is C17H19N7O4. The number of carbonyl (C=O) groups is 1. The normalized spacial score (nSPS) is 15.0. The number of fused-ring (bicyclic) bond motifs is 1. The lowest BCUT2D eigenvalue weighted by atomic mass is 10.3. The lowest BCUT2D eigenvalue weighted by molar-refractivity contribution is -0.385. The molecule has 0 unspecified atom stereocenters. The molecule has 146 valence electrons. The Morgan fingerprint density at radius 1 is 1.29 bits per heavy atom. The average molecular weight is 385 g/mol. The first-order valence-electron chi connectivity index (χ1n) is 8.88. The van der Waals surface area contributed by atoms with Gasteiger partial charge >= 0.3 is 5.69 Å². The van der Waals surface area contributed by atoms with Crippen molar-refractivity contribution in [3.63, 3.8) is 0 Å². The van der Waals surface area contributed by atoms with Crippen molar-refractivity contribution in [2.45, 2.75) is 6.54 Å². The van der Waals surface area contributed by atoms with Crippen molar-refractivity contribution in [2.24, 2.45) is 0 Å². The molecule has 2 aromatic heterocycles. The third-order valence-corrected chi connectivity index (χ3v) is 4.67. The summed E-state index contributed by atoms with van der Waals surface area (Å²) in [4.78, 5) is 29.7. The monoisotopic (exact) mass is 385 g/mol. The summed E-state index contributed by atoms with van der Waals surface area (Å²) in [5.74, 6) is -0.324. The fourth-order valence-corrected chi connectivity index (χ4v) is 3.21. The number of benzene rings is 1. The van der Waals surface area contributed by atoms with Gasteiger partial charge in [-0.2, -0.15) is 5.10 Å². The number of carbonyl (C=O) groups excluding carboxylic acids is 1. The number of aromatic nitrogens is 4. The summed E-state index contributed by atoms with van der Waals surface area (Å²) in [6.45, 7) is 4.51. The molecule has 0 spiro atoms. The number of morpholine rings is 1. The van der Waals surface area contributed by atoms with E-state index in [9.17, 15) is 14.9 Å². The number of imidazole rings is 1. The standard InChI is InChI=1S/C17H19N7O4/c25-16(15-14(24(26)27)11-18-21-15)20-17-19-12-3-1-2-4-13(12)23(17)6-5-22-7-9-28-10-8-22/h1-4,11H,5-10H2,(H,18,21)(H,19,20,25). The molecule has 0 bridgehead atoms. The summed E-state index contributed by atoms with van der Waals surface area (Å²) in [6, 6.07) is 7.55. The molecule has 1 fully saturated rings. The van der Waals surface area contributed by atoms with Gasteiger partial charge in [-0.05, 0) is 12.1 Å². The van der Waals surface area contributed by atoms with Gasteiger partial charge in [-0.15, -0.1) is 0 Å². The van der Waals surface area contributed by atoms with Gasteiger partial charge in [0.05, 0.1) is 29.2 Å². The number of anilines is 1. The zero-order valence-electron chi connectivity index (χ0n) is 15.0. The molecule has 1 amide bonds. The maximum absolute atomic E-state index is 12.6. The predicted octanol–water partition coefficient (Wildman–Crippen LogP) is 1.25. The van der Waals surface area contributed by atoms with Crippen LogP contribution in [0.5, 0.6) is 0 Å². The molecule has 2 N–H and O–H groups in total. The molecule has 0 aliphatic carbocycles. The van der Waals surface area contributed by atoms with Gasteiger partial charge in [0, 0.05) is 26.2 Å². The molecule has 3 aromatic rings. The van der Waals surface area contributed by atoms with Crippen molar-refractivity contribution in [1.82, 2.24) is 24.6 Å². The van der Waals surface area contributed by atoms with Gasteiger partial charge in [0.25, 0.3) is 5.91 Å². The van der Waals surface area contributed by atoms with Crippen molar-refractivity contribution in [3.05, 3.63) is 46.3 Å². The molecule has 1 saturated heterocycles. The Morgan fingerprint density at radius 2 is 2.07 bits per heavy atom. The van der Waals surface area contributed by atoms with Gasteiger partial charge in [-0.25, -0.2) is 4.98 Å². The van der Waals surface area contributed by atoms with E-state index in [0.29, 0.717) is 25.7 Å². The van der Waals surface area contributed by atoms with Gasteiger partial charge < -0.3 is 9.30 Å². The topological polar surface area (TPSA) is 131 Å². The number of nitro groups is 1. The molecule has 0 atom stereocenters. The van der Waals surface area contributed by atoms with E-state index in [1.165, 1.54) is 0 Å².